The normalized spacial score (nSPS) is 14.2. The molecule has 0 aliphatic rings. The summed E-state index contributed by atoms with van der Waals surface area (Å²) in [5.74, 6) is -0.530. The van der Waals surface area contributed by atoms with Crippen molar-refractivity contribution in [3.8, 4) is 0 Å². The first kappa shape index (κ1) is 46.3. The lowest BCUT2D eigenvalue weighted by atomic mass is 10.0. The van der Waals surface area contributed by atoms with Crippen LogP contribution in [-0.4, -0.2) is 46.1 Å². The average molecular weight is 674 g/mol. The zero-order valence-corrected chi connectivity index (χ0v) is 31.6. The topological polar surface area (TPSA) is 89.8 Å². The first-order valence-electron chi connectivity index (χ1n) is 20.5. The molecule has 0 aliphatic heterocycles. The van der Waals surface area contributed by atoms with E-state index in [0.717, 1.165) is 57.8 Å². The number of unbranched alkanes of at least 4 members (excludes halogenated alkanes) is 22. The molecule has 0 aliphatic carbocycles. The number of carbonyl (C=O) groups is 1. The van der Waals surface area contributed by atoms with E-state index >= 15 is 0 Å². The highest BCUT2D eigenvalue weighted by molar-refractivity contribution is 5.80. The Hall–Kier alpha value is -1.69. The lowest BCUT2D eigenvalue weighted by Crippen LogP contribution is -2.48. The number of nitrogens with one attached hydrogen (secondary N) is 1. The van der Waals surface area contributed by atoms with E-state index in [9.17, 15) is 20.1 Å². The summed E-state index contributed by atoms with van der Waals surface area (Å²) in [4.78, 5) is 12.4. The van der Waals surface area contributed by atoms with Crippen molar-refractivity contribution >= 4 is 5.91 Å². The fraction of sp³-hybridized carbons (Fsp3) is 0.791. The van der Waals surface area contributed by atoms with Crippen LogP contribution >= 0.6 is 0 Å². The molecule has 3 unspecified atom stereocenters. The zero-order chi connectivity index (χ0) is 35.2. The number of amides is 1. The van der Waals surface area contributed by atoms with E-state index in [0.29, 0.717) is 6.42 Å². The van der Waals surface area contributed by atoms with Crippen molar-refractivity contribution in [1.29, 1.82) is 0 Å². The minimum absolute atomic E-state index is 0.386. The lowest BCUT2D eigenvalue weighted by Gasteiger charge is -2.21. The van der Waals surface area contributed by atoms with Gasteiger partial charge in [-0.25, -0.2) is 0 Å². The third-order valence-corrected chi connectivity index (χ3v) is 9.12. The van der Waals surface area contributed by atoms with Crippen molar-refractivity contribution in [2.24, 2.45) is 0 Å². The molecule has 0 aromatic rings. The fourth-order valence-corrected chi connectivity index (χ4v) is 5.86. The van der Waals surface area contributed by atoms with Gasteiger partial charge in [-0.15, -0.1) is 0 Å². The Morgan fingerprint density at radius 2 is 0.854 bits per heavy atom. The highest BCUT2D eigenvalue weighted by Crippen LogP contribution is 2.14. The maximum atomic E-state index is 12.4. The smallest absolute Gasteiger partial charge is 0.249 e. The number of aliphatic hydroxyl groups is 3. The summed E-state index contributed by atoms with van der Waals surface area (Å²) in [6, 6.07) is -0.824. The van der Waals surface area contributed by atoms with Gasteiger partial charge in [-0.05, 0) is 70.6 Å². The van der Waals surface area contributed by atoms with Gasteiger partial charge in [0.25, 0.3) is 0 Å². The molecule has 5 heteroatoms. The molecular formula is C43H79NO4. The van der Waals surface area contributed by atoms with Crippen LogP contribution in [0, 0.1) is 0 Å². The number of rotatable bonds is 36. The quantitative estimate of drug-likeness (QED) is 0.0393. The van der Waals surface area contributed by atoms with Gasteiger partial charge in [-0.1, -0.05) is 172 Å². The van der Waals surface area contributed by atoms with Crippen LogP contribution in [0.3, 0.4) is 0 Å². The van der Waals surface area contributed by atoms with Crippen molar-refractivity contribution < 1.29 is 20.1 Å². The third-order valence-electron chi connectivity index (χ3n) is 9.12. The van der Waals surface area contributed by atoms with Gasteiger partial charge in [0.1, 0.15) is 6.10 Å². The van der Waals surface area contributed by atoms with Crippen molar-refractivity contribution in [3.63, 3.8) is 0 Å². The second-order valence-electron chi connectivity index (χ2n) is 13.8. The molecular weight excluding hydrogens is 594 g/mol. The van der Waals surface area contributed by atoms with Crippen LogP contribution in [0.4, 0.5) is 0 Å². The summed E-state index contributed by atoms with van der Waals surface area (Å²) in [5.41, 5.74) is 0. The summed E-state index contributed by atoms with van der Waals surface area (Å²) in [5, 5.41) is 32.9. The third kappa shape index (κ3) is 32.8. The van der Waals surface area contributed by atoms with Crippen LogP contribution in [0.25, 0.3) is 0 Å². The van der Waals surface area contributed by atoms with Crippen molar-refractivity contribution in [3.05, 3.63) is 48.6 Å². The summed E-state index contributed by atoms with van der Waals surface area (Å²) < 4.78 is 0. The van der Waals surface area contributed by atoms with E-state index in [1.165, 1.54) is 116 Å². The summed E-state index contributed by atoms with van der Waals surface area (Å²) in [7, 11) is 0. The second-order valence-corrected chi connectivity index (χ2v) is 13.8. The van der Waals surface area contributed by atoms with Gasteiger partial charge < -0.3 is 20.6 Å². The Morgan fingerprint density at radius 3 is 1.31 bits per heavy atom. The van der Waals surface area contributed by atoms with E-state index in [4.69, 9.17) is 0 Å². The van der Waals surface area contributed by atoms with Gasteiger partial charge in [0.05, 0.1) is 18.8 Å². The van der Waals surface area contributed by atoms with Gasteiger partial charge in [0.2, 0.25) is 5.91 Å². The molecule has 0 radical (unpaired) electrons. The standard InChI is InChI=1S/C43H79NO4/c1-3-5-7-9-11-13-15-16-17-18-19-20-21-22-23-24-25-26-28-29-31-33-35-37-41(46)40(39-45)44-43(48)42(47)38-36-34-32-30-27-14-12-10-8-6-4-2/h12,14,23-24,28-29,35,37,40-42,45-47H,3-11,13,15-22,25-27,30-34,36,38-39H2,1-2H3,(H,44,48)/b14-12-,24-23+,29-28+,37-35+. The number of carbonyl (C=O) groups excluding carboxylic acids is 1. The van der Waals surface area contributed by atoms with E-state index in [2.05, 4.69) is 55.6 Å². The summed E-state index contributed by atoms with van der Waals surface area (Å²) in [6.07, 6.45) is 48.6. The lowest BCUT2D eigenvalue weighted by molar-refractivity contribution is -0.131. The number of hydrogen-bond acceptors (Lipinski definition) is 4. The molecule has 0 spiro atoms. The minimum Gasteiger partial charge on any atom is -0.394 e. The van der Waals surface area contributed by atoms with Crippen LogP contribution in [0.2, 0.25) is 0 Å². The SMILES string of the molecule is CCCCC/C=C\CCCCCCC(O)C(=O)NC(CO)C(O)/C=C/CC/C=C/CC/C=C/CCCCCCCCCCCCCCC. The summed E-state index contributed by atoms with van der Waals surface area (Å²) in [6.45, 7) is 4.12. The monoisotopic (exact) mass is 674 g/mol. The molecule has 4 N–H and O–H groups in total. The molecule has 0 heterocycles. The number of allylic oxidation sites excluding steroid dienone is 7. The highest BCUT2D eigenvalue weighted by Gasteiger charge is 2.22. The molecule has 280 valence electrons. The van der Waals surface area contributed by atoms with Crippen molar-refractivity contribution in [2.45, 2.75) is 212 Å². The minimum atomic E-state index is -1.12. The first-order chi connectivity index (χ1) is 23.6. The van der Waals surface area contributed by atoms with Gasteiger partial charge in [-0.2, -0.15) is 0 Å². The molecule has 0 saturated carbocycles. The first-order valence-corrected chi connectivity index (χ1v) is 20.5. The largest absolute Gasteiger partial charge is 0.394 e. The van der Waals surface area contributed by atoms with Crippen molar-refractivity contribution in [1.82, 2.24) is 5.32 Å². The Balaban J connectivity index is 3.77. The molecule has 3 atom stereocenters. The highest BCUT2D eigenvalue weighted by atomic mass is 16.3. The molecule has 0 aromatic heterocycles. The maximum Gasteiger partial charge on any atom is 0.249 e. The van der Waals surface area contributed by atoms with Crippen molar-refractivity contribution in [2.75, 3.05) is 6.61 Å². The second kappa shape index (κ2) is 38.1. The van der Waals surface area contributed by atoms with Gasteiger partial charge >= 0.3 is 0 Å². The number of hydrogen-bond donors (Lipinski definition) is 4. The Morgan fingerprint density at radius 1 is 0.500 bits per heavy atom. The molecule has 48 heavy (non-hydrogen) atoms. The van der Waals surface area contributed by atoms with E-state index in [1.807, 2.05) is 6.08 Å². The molecule has 0 bridgehead atoms. The molecule has 1 amide bonds. The van der Waals surface area contributed by atoms with Crippen LogP contribution < -0.4 is 5.32 Å². The maximum absolute atomic E-state index is 12.4. The van der Waals surface area contributed by atoms with E-state index in [-0.39, 0.29) is 6.61 Å². The van der Waals surface area contributed by atoms with Crippen LogP contribution in [0.15, 0.2) is 48.6 Å². The molecule has 0 rings (SSSR count). The average Bonchev–Trinajstić information content (AvgIpc) is 3.09. The Bertz CT molecular complexity index is 790. The molecule has 5 nitrogen and oxygen atoms in total. The number of aliphatic hydroxyl groups excluding tert-OH is 3. The van der Waals surface area contributed by atoms with Gasteiger partial charge in [0, 0.05) is 0 Å². The molecule has 0 fully saturated rings. The Labute approximate surface area is 297 Å². The van der Waals surface area contributed by atoms with Gasteiger partial charge in [0.15, 0.2) is 0 Å². The predicted molar refractivity (Wildman–Crippen MR) is 208 cm³/mol. The zero-order valence-electron chi connectivity index (χ0n) is 31.6. The van der Waals surface area contributed by atoms with E-state index < -0.39 is 24.2 Å². The van der Waals surface area contributed by atoms with Crippen LogP contribution in [0.5, 0.6) is 0 Å². The van der Waals surface area contributed by atoms with Gasteiger partial charge in [-0.3, -0.25) is 4.79 Å². The molecule has 0 saturated heterocycles. The molecule has 0 aromatic carbocycles. The van der Waals surface area contributed by atoms with E-state index in [1.54, 1.807) is 6.08 Å². The summed E-state index contributed by atoms with van der Waals surface area (Å²) >= 11 is 0. The Kier molecular flexibility index (Phi) is 36.8. The van der Waals surface area contributed by atoms with Crippen LogP contribution in [-0.2, 0) is 4.79 Å². The fourth-order valence-electron chi connectivity index (χ4n) is 5.86. The van der Waals surface area contributed by atoms with Crippen LogP contribution in [0.1, 0.15) is 194 Å². The predicted octanol–water partition coefficient (Wildman–Crippen LogP) is 11.4.